The van der Waals surface area contributed by atoms with Gasteiger partial charge in [0.15, 0.2) is 0 Å². The second-order valence-electron chi connectivity index (χ2n) is 10.4. The first-order valence-electron chi connectivity index (χ1n) is 12.4. The van der Waals surface area contributed by atoms with Gasteiger partial charge in [0.05, 0.1) is 11.0 Å². The summed E-state index contributed by atoms with van der Waals surface area (Å²) >= 11 is 0. The highest BCUT2D eigenvalue weighted by Crippen LogP contribution is 2.31. The Hall–Kier alpha value is -2.52. The first-order chi connectivity index (χ1) is 17.0. The molecule has 36 heavy (non-hydrogen) atoms. The molecule has 3 rings (SSSR count). The maximum Gasteiger partial charge on any atom is 0.303 e. The third kappa shape index (κ3) is 8.00. The quantitative estimate of drug-likeness (QED) is 0.376. The first kappa shape index (κ1) is 28.1. The van der Waals surface area contributed by atoms with Crippen molar-refractivity contribution in [2.24, 2.45) is 5.92 Å². The number of hydrogen-bond donors (Lipinski definition) is 3. The third-order valence-corrected chi connectivity index (χ3v) is 8.48. The summed E-state index contributed by atoms with van der Waals surface area (Å²) in [6, 6.07) is 15.0. The van der Waals surface area contributed by atoms with Crippen LogP contribution >= 0.6 is 0 Å². The number of aliphatic hydroxyl groups excluding tert-OH is 1. The molecule has 2 aromatic rings. The summed E-state index contributed by atoms with van der Waals surface area (Å²) in [4.78, 5) is 10.7. The van der Waals surface area contributed by atoms with E-state index in [2.05, 4.69) is 43.4 Å². The lowest BCUT2D eigenvalue weighted by Crippen LogP contribution is -2.47. The van der Waals surface area contributed by atoms with Crippen molar-refractivity contribution < 1.29 is 23.4 Å². The number of sulfonamides is 1. The lowest BCUT2D eigenvalue weighted by Gasteiger charge is -2.31. The van der Waals surface area contributed by atoms with Crippen LogP contribution in [0.1, 0.15) is 49.8 Å². The fourth-order valence-corrected chi connectivity index (χ4v) is 6.01. The zero-order chi connectivity index (χ0) is 26.3. The number of hydrogen-bond acceptors (Lipinski definition) is 5. The maximum absolute atomic E-state index is 13.0. The first-order valence-corrected chi connectivity index (χ1v) is 13.8. The van der Waals surface area contributed by atoms with Gasteiger partial charge in [-0.15, -0.1) is 0 Å². The molecule has 0 amide bonds. The molecule has 1 atom stereocenters. The molecule has 0 spiro atoms. The van der Waals surface area contributed by atoms with Gasteiger partial charge < -0.3 is 15.5 Å². The number of carboxylic acid groups (broad SMARTS) is 1. The van der Waals surface area contributed by atoms with Crippen molar-refractivity contribution in [2.45, 2.75) is 62.5 Å². The molecule has 1 aliphatic rings. The van der Waals surface area contributed by atoms with E-state index in [1.807, 2.05) is 0 Å². The van der Waals surface area contributed by atoms with Gasteiger partial charge in [-0.25, -0.2) is 8.42 Å². The van der Waals surface area contributed by atoms with E-state index in [1.54, 1.807) is 24.3 Å². The van der Waals surface area contributed by atoms with Crippen molar-refractivity contribution >= 4 is 22.1 Å². The smallest absolute Gasteiger partial charge is 0.303 e. The fraction of sp³-hybridized carbons (Fsp3) is 0.464. The molecule has 8 heteroatoms. The zero-order valence-electron chi connectivity index (χ0n) is 21.4. The van der Waals surface area contributed by atoms with E-state index < -0.39 is 22.1 Å². The van der Waals surface area contributed by atoms with E-state index in [9.17, 15) is 18.3 Å². The summed E-state index contributed by atoms with van der Waals surface area (Å²) in [6.07, 6.45) is 6.25. The Bertz CT molecular complexity index is 1130. The molecule has 7 nitrogen and oxygen atoms in total. The lowest BCUT2D eigenvalue weighted by molar-refractivity contribution is -0.136. The highest BCUT2D eigenvalue weighted by molar-refractivity contribution is 7.89. The number of carbonyl (C=O) groups is 1. The van der Waals surface area contributed by atoms with Gasteiger partial charge in [-0.05, 0) is 74.3 Å². The molecular weight excluding hydrogens is 476 g/mol. The van der Waals surface area contributed by atoms with Crippen molar-refractivity contribution in [2.75, 3.05) is 20.1 Å². The van der Waals surface area contributed by atoms with Gasteiger partial charge in [0, 0.05) is 32.1 Å². The van der Waals surface area contributed by atoms with Gasteiger partial charge >= 0.3 is 5.97 Å². The van der Waals surface area contributed by atoms with Gasteiger partial charge in [-0.3, -0.25) is 4.79 Å². The van der Waals surface area contributed by atoms with Crippen LogP contribution in [-0.4, -0.2) is 60.7 Å². The van der Waals surface area contributed by atoms with Gasteiger partial charge in [0.1, 0.15) is 0 Å². The van der Waals surface area contributed by atoms with Crippen LogP contribution < -0.4 is 5.32 Å². The van der Waals surface area contributed by atoms with E-state index in [4.69, 9.17) is 5.11 Å². The van der Waals surface area contributed by atoms with Crippen LogP contribution in [0.15, 0.2) is 59.5 Å². The van der Waals surface area contributed by atoms with E-state index in [0.29, 0.717) is 18.9 Å². The molecule has 2 aromatic carbocycles. The molecule has 0 bridgehead atoms. The highest BCUT2D eigenvalue weighted by Gasteiger charge is 2.29. The number of benzene rings is 2. The second kappa shape index (κ2) is 12.1. The van der Waals surface area contributed by atoms with Crippen LogP contribution in [0.5, 0.6) is 0 Å². The standard InChI is InChI=1S/C28H38N2O5S/c1-28(2,18-22-16-23-9-5-6-10-24(23)17-22)29-19-25(31)20-30(3)36(34,35)26-14-12-21(13-15-26)8-4-7-11-27(32)33/h4-6,8-10,12-15,22,25,29,31H,7,11,16-20H2,1-3H3,(H,32,33). The van der Waals surface area contributed by atoms with Crippen LogP contribution in [0.25, 0.3) is 6.08 Å². The van der Waals surface area contributed by atoms with E-state index in [-0.39, 0.29) is 23.4 Å². The summed E-state index contributed by atoms with van der Waals surface area (Å²) < 4.78 is 27.1. The predicted molar refractivity (Wildman–Crippen MR) is 142 cm³/mol. The third-order valence-electron chi connectivity index (χ3n) is 6.64. The number of likely N-dealkylation sites (N-methyl/N-ethyl adjacent to an activating group) is 1. The molecule has 0 heterocycles. The van der Waals surface area contributed by atoms with Gasteiger partial charge in [0.25, 0.3) is 0 Å². The Kier molecular flexibility index (Phi) is 9.47. The average molecular weight is 515 g/mol. The number of nitrogens with zero attached hydrogens (tertiary/aromatic N) is 1. The predicted octanol–water partition coefficient (Wildman–Crippen LogP) is 3.72. The summed E-state index contributed by atoms with van der Waals surface area (Å²) in [6.45, 7) is 4.53. The number of β-amino-alcohol motifs (C(OH)–C–C–N with tert-alkyl or cyclic N) is 1. The molecule has 0 saturated heterocycles. The Balaban J connectivity index is 1.48. The number of allylic oxidation sites excluding steroid dienone is 1. The van der Waals surface area contributed by atoms with Crippen LogP contribution in [0.2, 0.25) is 0 Å². The molecule has 196 valence electrons. The minimum absolute atomic E-state index is 0.0167. The number of aliphatic hydroxyl groups is 1. The number of fused-ring (bicyclic) bond motifs is 1. The number of rotatable bonds is 13. The van der Waals surface area contributed by atoms with Gasteiger partial charge in [-0.2, -0.15) is 4.31 Å². The highest BCUT2D eigenvalue weighted by atomic mass is 32.2. The number of nitrogens with one attached hydrogen (secondary N) is 1. The molecule has 0 aromatic heterocycles. The molecule has 3 N–H and O–H groups in total. The molecule has 0 aliphatic heterocycles. The molecular formula is C28H38N2O5S. The van der Waals surface area contributed by atoms with Crippen molar-refractivity contribution in [3.05, 3.63) is 71.3 Å². The van der Waals surface area contributed by atoms with Crippen molar-refractivity contribution in [3.8, 4) is 0 Å². The Morgan fingerprint density at radius 1 is 1.14 bits per heavy atom. The van der Waals surface area contributed by atoms with Gasteiger partial charge in [0.2, 0.25) is 10.0 Å². The maximum atomic E-state index is 13.0. The Morgan fingerprint density at radius 3 is 2.33 bits per heavy atom. The Morgan fingerprint density at radius 2 is 1.75 bits per heavy atom. The summed E-state index contributed by atoms with van der Waals surface area (Å²) in [5.74, 6) is -0.301. The van der Waals surface area contributed by atoms with Crippen molar-refractivity contribution in [1.82, 2.24) is 9.62 Å². The van der Waals surface area contributed by atoms with Crippen molar-refractivity contribution in [1.29, 1.82) is 0 Å². The molecule has 0 saturated carbocycles. The molecule has 0 fully saturated rings. The normalized spacial score (nSPS) is 15.5. The zero-order valence-corrected chi connectivity index (χ0v) is 22.2. The minimum atomic E-state index is -3.75. The number of aliphatic carboxylic acids is 1. The largest absolute Gasteiger partial charge is 0.481 e. The fourth-order valence-electron chi connectivity index (χ4n) is 4.80. The van der Waals surface area contributed by atoms with E-state index in [0.717, 1.165) is 24.8 Å². The lowest BCUT2D eigenvalue weighted by atomic mass is 9.88. The SMILES string of the molecule is CN(CC(O)CNC(C)(C)CC1Cc2ccccc2C1)S(=O)(=O)c1ccc(C=CCCC(=O)O)cc1. The molecule has 1 aliphatic carbocycles. The average Bonchev–Trinajstić information content (AvgIpc) is 3.22. The molecule has 1 unspecified atom stereocenters. The van der Waals surface area contributed by atoms with E-state index in [1.165, 1.54) is 34.6 Å². The van der Waals surface area contributed by atoms with Crippen LogP contribution in [0, 0.1) is 5.92 Å². The monoisotopic (exact) mass is 514 g/mol. The van der Waals surface area contributed by atoms with Crippen LogP contribution in [0.3, 0.4) is 0 Å². The Labute approximate surface area is 214 Å². The second-order valence-corrected chi connectivity index (χ2v) is 12.4. The number of carboxylic acids is 1. The summed E-state index contributed by atoms with van der Waals surface area (Å²) in [5, 5.41) is 22.7. The van der Waals surface area contributed by atoms with E-state index >= 15 is 0 Å². The molecule has 0 radical (unpaired) electrons. The van der Waals surface area contributed by atoms with Crippen LogP contribution in [0.4, 0.5) is 0 Å². The van der Waals surface area contributed by atoms with Crippen LogP contribution in [-0.2, 0) is 27.7 Å². The van der Waals surface area contributed by atoms with Gasteiger partial charge in [-0.1, -0.05) is 48.6 Å². The topological polar surface area (TPSA) is 107 Å². The summed E-state index contributed by atoms with van der Waals surface area (Å²) in [7, 11) is -2.28. The summed E-state index contributed by atoms with van der Waals surface area (Å²) in [5.41, 5.74) is 3.46. The minimum Gasteiger partial charge on any atom is -0.481 e. The van der Waals surface area contributed by atoms with Crippen molar-refractivity contribution in [3.63, 3.8) is 0 Å².